The molecule has 4 aliphatic rings. The second-order valence-electron chi connectivity index (χ2n) is 19.2. The maximum atomic E-state index is 15.1. The molecule has 0 radical (unpaired) electrons. The minimum absolute atomic E-state index is 0.00322. The van der Waals surface area contributed by atoms with Crippen molar-refractivity contribution < 1.29 is 53.0 Å². The largest absolute Gasteiger partial charge is 0.459 e. The first kappa shape index (κ1) is 50.9. The zero-order chi connectivity index (χ0) is 49.1. The third-order valence-electron chi connectivity index (χ3n) is 13.3. The molecule has 374 valence electrons. The van der Waals surface area contributed by atoms with Gasteiger partial charge in [0.1, 0.15) is 35.5 Å². The van der Waals surface area contributed by atoms with Crippen molar-refractivity contribution in [2.45, 2.75) is 107 Å². The van der Waals surface area contributed by atoms with Gasteiger partial charge in [0, 0.05) is 42.6 Å². The van der Waals surface area contributed by atoms with Gasteiger partial charge in [0.05, 0.1) is 31.5 Å². The van der Waals surface area contributed by atoms with E-state index in [-0.39, 0.29) is 70.5 Å². The van der Waals surface area contributed by atoms with E-state index in [1.54, 1.807) is 22.7 Å². The number of hydrogen-bond donors (Lipinski definition) is 2. The van der Waals surface area contributed by atoms with E-state index in [1.807, 2.05) is 112 Å². The molecule has 0 saturated heterocycles. The lowest BCUT2D eigenvalue weighted by Crippen LogP contribution is -2.70. The Morgan fingerprint density at radius 2 is 1.63 bits per heavy atom. The second kappa shape index (κ2) is 23.6. The van der Waals surface area contributed by atoms with E-state index in [4.69, 9.17) is 43.2 Å². The summed E-state index contributed by atoms with van der Waals surface area (Å²) in [6.45, 7) is 11.0. The molecule has 6 unspecified atom stereocenters. The summed E-state index contributed by atoms with van der Waals surface area (Å²) in [6, 6.07) is 28.7. The molecule has 0 spiro atoms. The number of fused-ring (bicyclic) bond motifs is 3. The number of rotatable bonds is 23. The van der Waals surface area contributed by atoms with E-state index in [0.29, 0.717) is 53.9 Å². The van der Waals surface area contributed by atoms with Crippen LogP contribution in [0.3, 0.4) is 0 Å². The molecule has 1 fully saturated rings. The van der Waals surface area contributed by atoms with E-state index >= 15 is 4.79 Å². The molecule has 1 amide bonds. The molecule has 6 atom stereocenters. The van der Waals surface area contributed by atoms with Crippen LogP contribution in [0.1, 0.15) is 88.3 Å². The van der Waals surface area contributed by atoms with Gasteiger partial charge in [-0.3, -0.25) is 4.90 Å². The average molecular weight is 977 g/mol. The van der Waals surface area contributed by atoms with Crippen molar-refractivity contribution in [3.8, 4) is 28.7 Å². The van der Waals surface area contributed by atoms with Crippen LogP contribution in [-0.2, 0) is 32.2 Å². The standard InChI is InChI=1S/C56H68N2O11S/c1-6-28-66-56-51(58(35-39-18-24-49-50(31-39)65-37-64-49)54(61)63-30-29-62-36-38-14-8-7-9-15-38)34-47(57-69-55(2,3)4)45-32-40(16-10-12-26-59)44(17-11-13-27-60)52(53(45)56)46-33-42(21-25-48(46)68-56)67-41-19-22-43(70-5)23-20-41/h6-9,14-15,18-25,31-33,40,44,51-53,59-60H,1,10-13,16-17,26-30,34-37H2,2-5H3. The van der Waals surface area contributed by atoms with Gasteiger partial charge in [0.15, 0.2) is 11.5 Å². The van der Waals surface area contributed by atoms with Crippen molar-refractivity contribution in [1.29, 1.82) is 0 Å². The van der Waals surface area contributed by atoms with Gasteiger partial charge in [0.25, 0.3) is 0 Å². The van der Waals surface area contributed by atoms with Crippen LogP contribution in [0, 0.1) is 17.8 Å². The Balaban J connectivity index is 1.28. The van der Waals surface area contributed by atoms with Crippen LogP contribution < -0.4 is 18.9 Å². The molecular formula is C56H68N2O11S. The van der Waals surface area contributed by atoms with Gasteiger partial charge < -0.3 is 48.2 Å². The Morgan fingerprint density at radius 1 is 0.886 bits per heavy atom. The molecule has 0 bridgehead atoms. The summed E-state index contributed by atoms with van der Waals surface area (Å²) in [7, 11) is 0. The highest BCUT2D eigenvalue weighted by atomic mass is 32.2. The fourth-order valence-corrected chi connectivity index (χ4v) is 10.7. The van der Waals surface area contributed by atoms with Crippen molar-refractivity contribution in [2.24, 2.45) is 22.9 Å². The maximum Gasteiger partial charge on any atom is 0.410 e. The van der Waals surface area contributed by atoms with Gasteiger partial charge in [-0.25, -0.2) is 4.79 Å². The Bertz CT molecular complexity index is 2440. The lowest BCUT2D eigenvalue weighted by atomic mass is 9.55. The van der Waals surface area contributed by atoms with Crippen LogP contribution in [0.4, 0.5) is 4.79 Å². The second-order valence-corrected chi connectivity index (χ2v) is 20.1. The smallest absolute Gasteiger partial charge is 0.410 e. The monoisotopic (exact) mass is 976 g/mol. The third-order valence-corrected chi connectivity index (χ3v) is 14.1. The molecule has 4 aromatic carbocycles. The highest BCUT2D eigenvalue weighted by molar-refractivity contribution is 7.98. The molecular weight excluding hydrogens is 909 g/mol. The average Bonchev–Trinajstić information content (AvgIpc) is 3.84. The molecule has 13 nitrogen and oxygen atoms in total. The zero-order valence-electron chi connectivity index (χ0n) is 40.9. The number of aliphatic hydroxyl groups is 2. The van der Waals surface area contributed by atoms with Crippen LogP contribution in [-0.4, -0.2) is 90.4 Å². The third kappa shape index (κ3) is 12.0. The normalized spacial score (nSPS) is 22.6. The van der Waals surface area contributed by atoms with Gasteiger partial charge in [-0.2, -0.15) is 0 Å². The number of ether oxygens (including phenoxy) is 7. The molecule has 2 aliphatic heterocycles. The molecule has 0 aromatic heterocycles. The van der Waals surface area contributed by atoms with Gasteiger partial charge in [0.2, 0.25) is 12.6 Å². The first-order chi connectivity index (χ1) is 34.0. The molecule has 2 aliphatic carbocycles. The van der Waals surface area contributed by atoms with Crippen LogP contribution in [0.5, 0.6) is 28.7 Å². The van der Waals surface area contributed by atoms with Gasteiger partial charge in [-0.1, -0.05) is 66.5 Å². The Labute approximate surface area is 416 Å². The minimum Gasteiger partial charge on any atom is -0.459 e. The summed E-state index contributed by atoms with van der Waals surface area (Å²) in [5.41, 5.74) is 3.71. The van der Waals surface area contributed by atoms with Crippen molar-refractivity contribution in [1.82, 2.24) is 4.90 Å². The molecule has 4 aromatic rings. The molecule has 2 N–H and O–H groups in total. The molecule has 2 heterocycles. The zero-order valence-corrected chi connectivity index (χ0v) is 41.7. The number of unbranched alkanes of at least 4 members (excludes halogenated alkanes) is 2. The number of benzene rings is 4. The summed E-state index contributed by atoms with van der Waals surface area (Å²) in [6.07, 6.45) is 10.2. The summed E-state index contributed by atoms with van der Waals surface area (Å²) in [5, 5.41) is 25.1. The van der Waals surface area contributed by atoms with Gasteiger partial charge in [-0.15, -0.1) is 18.3 Å². The summed E-state index contributed by atoms with van der Waals surface area (Å²) in [4.78, 5) is 24.3. The maximum absolute atomic E-state index is 15.1. The Kier molecular flexibility index (Phi) is 17.2. The summed E-state index contributed by atoms with van der Waals surface area (Å²) in [5.74, 6) is 0.937. The van der Waals surface area contributed by atoms with Crippen molar-refractivity contribution in [3.05, 3.63) is 132 Å². The number of nitrogens with zero attached hydrogens (tertiary/aromatic N) is 2. The molecule has 8 rings (SSSR count). The number of amides is 1. The van der Waals surface area contributed by atoms with E-state index in [1.165, 1.54) is 0 Å². The Hall–Kier alpha value is -5.51. The lowest BCUT2D eigenvalue weighted by Gasteiger charge is -2.60. The predicted molar refractivity (Wildman–Crippen MR) is 270 cm³/mol. The fraction of sp³-hybridized carbons (Fsp3) is 0.464. The molecule has 70 heavy (non-hydrogen) atoms. The first-order valence-corrected chi connectivity index (χ1v) is 25.8. The number of oxime groups is 1. The SMILES string of the molecule is C=CCOC12Oc3ccc(Oc4ccc(SC)cc4)cc3C3C(CCCCO)C(CCCCO)C=C(C(=NOC(C)(C)C)CC1N(Cc1ccc4c(c1)OCO4)C(=O)OCCOCc1ccccc1)C32. The number of carbonyl (C=O) groups is 1. The van der Waals surface area contributed by atoms with Gasteiger partial charge in [-0.05, 0) is 136 Å². The molecule has 1 saturated carbocycles. The minimum atomic E-state index is -1.51. The van der Waals surface area contributed by atoms with E-state index in [0.717, 1.165) is 52.8 Å². The van der Waals surface area contributed by atoms with Crippen molar-refractivity contribution >= 4 is 23.6 Å². The van der Waals surface area contributed by atoms with Crippen LogP contribution >= 0.6 is 11.8 Å². The predicted octanol–water partition coefficient (Wildman–Crippen LogP) is 11.2. The van der Waals surface area contributed by atoms with E-state index in [9.17, 15) is 10.2 Å². The van der Waals surface area contributed by atoms with Crippen LogP contribution in [0.15, 0.2) is 125 Å². The summed E-state index contributed by atoms with van der Waals surface area (Å²) >= 11 is 1.67. The highest BCUT2D eigenvalue weighted by Crippen LogP contribution is 2.62. The first-order valence-electron chi connectivity index (χ1n) is 24.6. The van der Waals surface area contributed by atoms with Crippen molar-refractivity contribution in [3.63, 3.8) is 0 Å². The lowest BCUT2D eigenvalue weighted by molar-refractivity contribution is -0.256. The topological polar surface area (TPSA) is 147 Å². The Morgan fingerprint density at radius 3 is 2.37 bits per heavy atom. The number of hydrogen-bond acceptors (Lipinski definition) is 13. The summed E-state index contributed by atoms with van der Waals surface area (Å²) < 4.78 is 44.9. The van der Waals surface area contributed by atoms with E-state index in [2.05, 4.69) is 18.7 Å². The molecule has 14 heteroatoms. The van der Waals surface area contributed by atoms with Crippen molar-refractivity contribution in [2.75, 3.05) is 46.1 Å². The fourth-order valence-electron chi connectivity index (χ4n) is 10.3. The van der Waals surface area contributed by atoms with Crippen LogP contribution in [0.25, 0.3) is 0 Å². The number of allylic oxidation sites excluding steroid dienone is 1. The number of aliphatic hydroxyl groups excluding tert-OH is 2. The quantitative estimate of drug-likeness (QED) is 0.0316. The van der Waals surface area contributed by atoms with Crippen LogP contribution in [0.2, 0.25) is 0 Å². The number of carbonyl (C=O) groups excluding carboxylic acids is 1. The van der Waals surface area contributed by atoms with E-state index < -0.39 is 29.4 Å². The highest BCUT2D eigenvalue weighted by Gasteiger charge is 2.66. The van der Waals surface area contributed by atoms with Gasteiger partial charge >= 0.3 is 6.09 Å². The number of thioether (sulfide) groups is 1.